The number of aliphatic hydroxyl groups is 1. The van der Waals surface area contributed by atoms with Gasteiger partial charge in [-0.3, -0.25) is 4.79 Å². The predicted octanol–water partition coefficient (Wildman–Crippen LogP) is 1.95. The van der Waals surface area contributed by atoms with Crippen molar-refractivity contribution in [2.24, 2.45) is 0 Å². The number of hydrogen-bond donors (Lipinski definition) is 1. The first kappa shape index (κ1) is 13.2. The molecule has 0 saturated carbocycles. The lowest BCUT2D eigenvalue weighted by Crippen LogP contribution is -2.42. The Balaban J connectivity index is 2.17. The predicted molar refractivity (Wildman–Crippen MR) is 69.1 cm³/mol. The van der Waals surface area contributed by atoms with Gasteiger partial charge in [0, 0.05) is 13.1 Å². The molecule has 1 fully saturated rings. The number of aliphatic hydroxyl groups excluding tert-OH is 1. The van der Waals surface area contributed by atoms with Gasteiger partial charge in [0.05, 0.1) is 23.8 Å². The van der Waals surface area contributed by atoms with Gasteiger partial charge in [0.15, 0.2) is 0 Å². The summed E-state index contributed by atoms with van der Waals surface area (Å²) in [6.45, 7) is 1.04. The molecular weight excluding hydrogens is 254 g/mol. The summed E-state index contributed by atoms with van der Waals surface area (Å²) in [6, 6.07) is 4.99. The van der Waals surface area contributed by atoms with Gasteiger partial charge in [-0.25, -0.2) is 0 Å². The lowest BCUT2D eigenvalue weighted by Gasteiger charge is -2.30. The molecular formula is C13H16ClNO3. The molecule has 4 nitrogen and oxygen atoms in total. The van der Waals surface area contributed by atoms with Crippen LogP contribution in [0.2, 0.25) is 5.02 Å². The molecule has 1 aromatic carbocycles. The van der Waals surface area contributed by atoms with Crippen LogP contribution in [0, 0.1) is 0 Å². The third-order valence-electron chi connectivity index (χ3n) is 3.09. The number of benzene rings is 1. The Bertz CT molecular complexity index is 450. The van der Waals surface area contributed by atoms with Crippen LogP contribution in [-0.4, -0.2) is 42.2 Å². The average Bonchev–Trinajstić information content (AvgIpc) is 2.37. The van der Waals surface area contributed by atoms with Crippen LogP contribution in [0.5, 0.6) is 5.75 Å². The Hall–Kier alpha value is -1.26. The Morgan fingerprint density at radius 1 is 1.56 bits per heavy atom. The Morgan fingerprint density at radius 2 is 2.33 bits per heavy atom. The van der Waals surface area contributed by atoms with Crippen molar-refractivity contribution in [2.75, 3.05) is 20.2 Å². The number of methoxy groups -OCH3 is 1. The molecule has 98 valence electrons. The number of piperidine rings is 1. The molecule has 1 N–H and O–H groups in total. The average molecular weight is 270 g/mol. The fraction of sp³-hybridized carbons (Fsp3) is 0.462. The lowest BCUT2D eigenvalue weighted by atomic mass is 10.1. The van der Waals surface area contributed by atoms with E-state index in [4.69, 9.17) is 16.3 Å². The van der Waals surface area contributed by atoms with E-state index < -0.39 is 6.10 Å². The summed E-state index contributed by atoms with van der Waals surface area (Å²) < 4.78 is 5.04. The van der Waals surface area contributed by atoms with E-state index in [1.54, 1.807) is 30.2 Å². The molecule has 1 saturated heterocycles. The molecule has 0 bridgehead atoms. The Kier molecular flexibility index (Phi) is 4.09. The van der Waals surface area contributed by atoms with Gasteiger partial charge in [-0.2, -0.15) is 0 Å². The van der Waals surface area contributed by atoms with Crippen molar-refractivity contribution in [3.8, 4) is 5.75 Å². The molecule has 1 aliphatic rings. The van der Waals surface area contributed by atoms with Crippen LogP contribution >= 0.6 is 11.6 Å². The van der Waals surface area contributed by atoms with Crippen LogP contribution in [0.25, 0.3) is 0 Å². The summed E-state index contributed by atoms with van der Waals surface area (Å²) in [5.74, 6) is 0.483. The summed E-state index contributed by atoms with van der Waals surface area (Å²) in [5.41, 5.74) is 0.451. The summed E-state index contributed by atoms with van der Waals surface area (Å²) >= 11 is 6.07. The van der Waals surface area contributed by atoms with E-state index in [0.717, 1.165) is 12.8 Å². The van der Waals surface area contributed by atoms with Gasteiger partial charge in [0.1, 0.15) is 5.75 Å². The van der Waals surface area contributed by atoms with Gasteiger partial charge in [0.2, 0.25) is 0 Å². The highest BCUT2D eigenvalue weighted by Gasteiger charge is 2.24. The highest BCUT2D eigenvalue weighted by Crippen LogP contribution is 2.24. The zero-order chi connectivity index (χ0) is 13.1. The van der Waals surface area contributed by atoms with Gasteiger partial charge >= 0.3 is 0 Å². The number of rotatable bonds is 2. The van der Waals surface area contributed by atoms with Crippen molar-refractivity contribution in [1.82, 2.24) is 4.90 Å². The Labute approximate surface area is 111 Å². The third kappa shape index (κ3) is 2.76. The zero-order valence-electron chi connectivity index (χ0n) is 10.2. The number of nitrogens with zero attached hydrogens (tertiary/aromatic N) is 1. The molecule has 1 aromatic rings. The standard InChI is InChI=1S/C13H16ClNO3/c1-18-10-4-5-11(12(14)7-10)13(17)15-6-2-3-9(16)8-15/h4-5,7,9,16H,2-3,6,8H2,1H3. The third-order valence-corrected chi connectivity index (χ3v) is 3.40. The van der Waals surface area contributed by atoms with Crippen molar-refractivity contribution in [1.29, 1.82) is 0 Å². The van der Waals surface area contributed by atoms with Gasteiger partial charge in [-0.05, 0) is 31.0 Å². The minimum Gasteiger partial charge on any atom is -0.497 e. The van der Waals surface area contributed by atoms with Gasteiger partial charge in [-0.15, -0.1) is 0 Å². The number of carbonyl (C=O) groups excluding carboxylic acids is 1. The molecule has 1 unspecified atom stereocenters. The molecule has 5 heteroatoms. The van der Waals surface area contributed by atoms with Crippen molar-refractivity contribution in [2.45, 2.75) is 18.9 Å². The van der Waals surface area contributed by atoms with Crippen LogP contribution in [0.1, 0.15) is 23.2 Å². The molecule has 1 atom stereocenters. The number of likely N-dealkylation sites (tertiary alicyclic amines) is 1. The maximum Gasteiger partial charge on any atom is 0.255 e. The number of ether oxygens (including phenoxy) is 1. The minimum absolute atomic E-state index is 0.138. The summed E-state index contributed by atoms with van der Waals surface area (Å²) in [4.78, 5) is 13.9. The van der Waals surface area contributed by atoms with Gasteiger partial charge in [-0.1, -0.05) is 11.6 Å². The monoisotopic (exact) mass is 269 g/mol. The fourth-order valence-corrected chi connectivity index (χ4v) is 2.36. The van der Waals surface area contributed by atoms with Crippen molar-refractivity contribution < 1.29 is 14.6 Å². The molecule has 0 radical (unpaired) electrons. The Morgan fingerprint density at radius 3 is 2.94 bits per heavy atom. The van der Waals surface area contributed by atoms with E-state index in [2.05, 4.69) is 0 Å². The quantitative estimate of drug-likeness (QED) is 0.893. The summed E-state index contributed by atoms with van der Waals surface area (Å²) in [7, 11) is 1.55. The SMILES string of the molecule is COc1ccc(C(=O)N2CCCC(O)C2)c(Cl)c1. The second kappa shape index (κ2) is 5.59. The number of carbonyl (C=O) groups is 1. The summed E-state index contributed by atoms with van der Waals surface area (Å²) in [5, 5.41) is 9.95. The van der Waals surface area contributed by atoms with Crippen LogP contribution in [0.4, 0.5) is 0 Å². The molecule has 18 heavy (non-hydrogen) atoms. The number of hydrogen-bond acceptors (Lipinski definition) is 3. The van der Waals surface area contributed by atoms with Crippen molar-refractivity contribution >= 4 is 17.5 Å². The van der Waals surface area contributed by atoms with Crippen molar-refractivity contribution in [3.63, 3.8) is 0 Å². The minimum atomic E-state index is -0.431. The van der Waals surface area contributed by atoms with E-state index in [1.807, 2.05) is 0 Å². The maximum absolute atomic E-state index is 12.3. The lowest BCUT2D eigenvalue weighted by molar-refractivity contribution is 0.0474. The molecule has 0 aromatic heterocycles. The summed E-state index contributed by atoms with van der Waals surface area (Å²) in [6.07, 6.45) is 1.14. The van der Waals surface area contributed by atoms with E-state index in [0.29, 0.717) is 29.4 Å². The number of amides is 1. The van der Waals surface area contributed by atoms with Crippen LogP contribution in [0.15, 0.2) is 18.2 Å². The number of halogens is 1. The first-order valence-electron chi connectivity index (χ1n) is 5.92. The highest BCUT2D eigenvalue weighted by atomic mass is 35.5. The fourth-order valence-electron chi connectivity index (χ4n) is 2.11. The van der Waals surface area contributed by atoms with Crippen LogP contribution in [-0.2, 0) is 0 Å². The highest BCUT2D eigenvalue weighted by molar-refractivity contribution is 6.34. The van der Waals surface area contributed by atoms with Crippen LogP contribution in [0.3, 0.4) is 0 Å². The van der Waals surface area contributed by atoms with Gasteiger partial charge in [0.25, 0.3) is 5.91 Å². The zero-order valence-corrected chi connectivity index (χ0v) is 11.0. The second-order valence-corrected chi connectivity index (χ2v) is 4.80. The van der Waals surface area contributed by atoms with Gasteiger partial charge < -0.3 is 14.7 Å². The maximum atomic E-state index is 12.3. The molecule has 0 spiro atoms. The molecule has 2 rings (SSSR count). The topological polar surface area (TPSA) is 49.8 Å². The van der Waals surface area contributed by atoms with Crippen LogP contribution < -0.4 is 4.74 Å². The van der Waals surface area contributed by atoms with E-state index >= 15 is 0 Å². The van der Waals surface area contributed by atoms with E-state index in [1.165, 1.54) is 0 Å². The van der Waals surface area contributed by atoms with E-state index in [-0.39, 0.29) is 5.91 Å². The largest absolute Gasteiger partial charge is 0.497 e. The van der Waals surface area contributed by atoms with E-state index in [9.17, 15) is 9.90 Å². The normalized spacial score (nSPS) is 19.7. The second-order valence-electron chi connectivity index (χ2n) is 4.39. The number of β-amino-alcohol motifs (C(OH)–C–C–N with tert-alkyl or cyclic N) is 1. The molecule has 1 amide bonds. The first-order valence-corrected chi connectivity index (χ1v) is 6.30. The molecule has 1 aliphatic heterocycles. The first-order chi connectivity index (χ1) is 8.61. The van der Waals surface area contributed by atoms with Crippen molar-refractivity contribution in [3.05, 3.63) is 28.8 Å². The molecule has 0 aliphatic carbocycles. The smallest absolute Gasteiger partial charge is 0.255 e. The molecule has 1 heterocycles.